The third-order valence-corrected chi connectivity index (χ3v) is 3.42. The van der Waals surface area contributed by atoms with Crippen molar-refractivity contribution in [2.24, 2.45) is 5.92 Å². The second kappa shape index (κ2) is 4.40. The van der Waals surface area contributed by atoms with Gasteiger partial charge in [-0.1, -0.05) is 0 Å². The lowest BCUT2D eigenvalue weighted by atomic mass is 9.88. The zero-order valence-electron chi connectivity index (χ0n) is 8.50. The van der Waals surface area contributed by atoms with Crippen LogP contribution in [0.5, 0.6) is 0 Å². The first kappa shape index (κ1) is 9.44. The van der Waals surface area contributed by atoms with Crippen molar-refractivity contribution in [3.63, 3.8) is 0 Å². The molecule has 13 heavy (non-hydrogen) atoms. The summed E-state index contributed by atoms with van der Waals surface area (Å²) < 4.78 is 0. The minimum Gasteiger partial charge on any atom is -0.314 e. The molecule has 0 aliphatic carbocycles. The van der Waals surface area contributed by atoms with E-state index in [2.05, 4.69) is 22.6 Å². The van der Waals surface area contributed by atoms with Crippen LogP contribution in [0.2, 0.25) is 0 Å². The van der Waals surface area contributed by atoms with Crippen LogP contribution in [0.15, 0.2) is 0 Å². The van der Waals surface area contributed by atoms with E-state index in [1.165, 1.54) is 25.9 Å². The van der Waals surface area contributed by atoms with Crippen molar-refractivity contribution < 1.29 is 0 Å². The molecule has 75 valence electrons. The molecule has 2 heterocycles. The first-order chi connectivity index (χ1) is 6.38. The van der Waals surface area contributed by atoms with Gasteiger partial charge in [0.25, 0.3) is 0 Å². The van der Waals surface area contributed by atoms with Crippen molar-refractivity contribution in [3.05, 3.63) is 0 Å². The first-order valence-corrected chi connectivity index (χ1v) is 5.42. The van der Waals surface area contributed by atoms with Gasteiger partial charge in [-0.05, 0) is 25.8 Å². The van der Waals surface area contributed by atoms with Gasteiger partial charge in [0.1, 0.15) is 0 Å². The van der Waals surface area contributed by atoms with Gasteiger partial charge in [-0.25, -0.2) is 5.32 Å². The summed E-state index contributed by atoms with van der Waals surface area (Å²) in [5, 5.41) is 7.90. The maximum absolute atomic E-state index is 4.41. The van der Waals surface area contributed by atoms with Crippen LogP contribution in [0, 0.1) is 5.92 Å². The fraction of sp³-hybridized carbons (Fsp3) is 1.00. The second-order valence-electron chi connectivity index (χ2n) is 4.26. The van der Waals surface area contributed by atoms with Crippen LogP contribution in [0.3, 0.4) is 0 Å². The number of rotatable bonds is 1. The Morgan fingerprint density at radius 2 is 2.08 bits per heavy atom. The summed E-state index contributed by atoms with van der Waals surface area (Å²) in [6.45, 7) is 5.73. The summed E-state index contributed by atoms with van der Waals surface area (Å²) >= 11 is 0. The molecular weight excluding hydrogens is 162 g/mol. The number of nitrogens with zero attached hydrogens (tertiary/aromatic N) is 2. The highest BCUT2D eigenvalue weighted by Crippen LogP contribution is 2.21. The molecule has 0 aromatic rings. The minimum absolute atomic E-state index is 0.768. The predicted octanol–water partition coefficient (Wildman–Crippen LogP) is -0.0956. The van der Waals surface area contributed by atoms with E-state index < -0.39 is 0 Å². The second-order valence-corrected chi connectivity index (χ2v) is 4.26. The van der Waals surface area contributed by atoms with Crippen molar-refractivity contribution >= 4 is 0 Å². The van der Waals surface area contributed by atoms with Crippen molar-refractivity contribution in [2.45, 2.75) is 18.9 Å². The molecule has 0 aromatic heterocycles. The summed E-state index contributed by atoms with van der Waals surface area (Å²) in [4.78, 5) is 2.52. The average molecular weight is 182 g/mol. The average Bonchev–Trinajstić information content (AvgIpc) is 2.20. The van der Waals surface area contributed by atoms with Crippen LogP contribution < -0.4 is 10.6 Å². The predicted molar refractivity (Wildman–Crippen MR) is 53.9 cm³/mol. The van der Waals surface area contributed by atoms with Crippen molar-refractivity contribution in [1.29, 1.82) is 0 Å². The Hall–Kier alpha value is -0.120. The zero-order valence-corrected chi connectivity index (χ0v) is 8.50. The van der Waals surface area contributed by atoms with Gasteiger partial charge >= 0.3 is 0 Å². The molecule has 2 rings (SSSR count). The Morgan fingerprint density at radius 1 is 1.31 bits per heavy atom. The summed E-state index contributed by atoms with van der Waals surface area (Å²) in [6, 6.07) is 0.768. The molecule has 3 heteroatoms. The highest BCUT2D eigenvalue weighted by atomic mass is 15.2. The van der Waals surface area contributed by atoms with Crippen LogP contribution in [0.1, 0.15) is 12.8 Å². The molecule has 0 spiro atoms. The molecule has 2 fully saturated rings. The zero-order chi connectivity index (χ0) is 9.10. The highest BCUT2D eigenvalue weighted by molar-refractivity contribution is 4.86. The normalized spacial score (nSPS) is 33.5. The van der Waals surface area contributed by atoms with Gasteiger partial charge in [0.05, 0.1) is 0 Å². The largest absolute Gasteiger partial charge is 0.314 e. The number of hydrogen-bond acceptors (Lipinski definition) is 2. The molecule has 0 aromatic carbocycles. The van der Waals surface area contributed by atoms with Gasteiger partial charge in [-0.2, -0.15) is 0 Å². The van der Waals surface area contributed by atoms with E-state index in [-0.39, 0.29) is 0 Å². The van der Waals surface area contributed by atoms with Crippen LogP contribution >= 0.6 is 0 Å². The summed E-state index contributed by atoms with van der Waals surface area (Å²) in [5.74, 6) is 0.885. The van der Waals surface area contributed by atoms with Crippen molar-refractivity contribution in [1.82, 2.24) is 15.5 Å². The van der Waals surface area contributed by atoms with Crippen LogP contribution in [-0.4, -0.2) is 50.7 Å². The standard InChI is InChI=1S/C10H20N3/c1-13-7-6-12-8-10(13)9-2-4-11-5-3-9/h9-10,12H,2-8H2,1H3. The smallest absolute Gasteiger partial charge is 0.0247 e. The summed E-state index contributed by atoms with van der Waals surface area (Å²) in [7, 11) is 2.26. The third kappa shape index (κ3) is 2.22. The van der Waals surface area contributed by atoms with E-state index in [1.54, 1.807) is 0 Å². The van der Waals surface area contributed by atoms with E-state index in [0.717, 1.165) is 31.6 Å². The van der Waals surface area contributed by atoms with Crippen LogP contribution in [0.4, 0.5) is 0 Å². The van der Waals surface area contributed by atoms with E-state index in [1.807, 2.05) is 0 Å². The quantitative estimate of drug-likeness (QED) is 0.614. The maximum Gasteiger partial charge on any atom is 0.0247 e. The topological polar surface area (TPSA) is 29.4 Å². The van der Waals surface area contributed by atoms with Gasteiger partial charge in [0, 0.05) is 38.8 Å². The van der Waals surface area contributed by atoms with Crippen molar-refractivity contribution in [2.75, 3.05) is 39.8 Å². The molecule has 2 aliphatic heterocycles. The van der Waals surface area contributed by atoms with E-state index in [0.29, 0.717) is 0 Å². The minimum atomic E-state index is 0.768. The molecule has 1 atom stereocenters. The molecule has 2 aliphatic rings. The van der Waals surface area contributed by atoms with Crippen LogP contribution in [-0.2, 0) is 0 Å². The molecule has 3 nitrogen and oxygen atoms in total. The highest BCUT2D eigenvalue weighted by Gasteiger charge is 2.28. The Morgan fingerprint density at radius 3 is 2.77 bits per heavy atom. The van der Waals surface area contributed by atoms with Gasteiger partial charge in [-0.15, -0.1) is 0 Å². The molecule has 1 N–H and O–H groups in total. The van der Waals surface area contributed by atoms with E-state index >= 15 is 0 Å². The lowest BCUT2D eigenvalue weighted by Gasteiger charge is -2.39. The first-order valence-electron chi connectivity index (χ1n) is 5.42. The monoisotopic (exact) mass is 182 g/mol. The number of nitrogens with one attached hydrogen (secondary N) is 1. The van der Waals surface area contributed by atoms with E-state index in [9.17, 15) is 0 Å². The number of piperidine rings is 1. The summed E-state index contributed by atoms with van der Waals surface area (Å²) in [6.07, 6.45) is 2.60. The molecule has 1 radical (unpaired) electrons. The molecule has 0 saturated carbocycles. The Balaban J connectivity index is 1.88. The number of piperazine rings is 1. The number of hydrogen-bond donors (Lipinski definition) is 1. The number of likely N-dealkylation sites (N-methyl/N-ethyl adjacent to an activating group) is 1. The SMILES string of the molecule is CN1CCNCC1C1CC[N]CC1. The molecule has 0 amide bonds. The maximum atomic E-state index is 4.41. The van der Waals surface area contributed by atoms with Gasteiger partial charge in [0.15, 0.2) is 0 Å². The third-order valence-electron chi connectivity index (χ3n) is 3.42. The van der Waals surface area contributed by atoms with E-state index in [4.69, 9.17) is 0 Å². The molecular formula is C10H20N3. The lowest BCUT2D eigenvalue weighted by molar-refractivity contribution is 0.121. The van der Waals surface area contributed by atoms with Gasteiger partial charge in [0.2, 0.25) is 0 Å². The fourth-order valence-corrected chi connectivity index (χ4v) is 2.51. The summed E-state index contributed by atoms with van der Waals surface area (Å²) in [5.41, 5.74) is 0. The van der Waals surface area contributed by atoms with Crippen molar-refractivity contribution in [3.8, 4) is 0 Å². The fourth-order valence-electron chi connectivity index (χ4n) is 2.51. The van der Waals surface area contributed by atoms with Gasteiger partial charge < -0.3 is 10.2 Å². The molecule has 0 bridgehead atoms. The Labute approximate surface area is 80.9 Å². The van der Waals surface area contributed by atoms with Crippen LogP contribution in [0.25, 0.3) is 0 Å². The Bertz CT molecular complexity index is 154. The molecule has 1 unspecified atom stereocenters. The van der Waals surface area contributed by atoms with Gasteiger partial charge in [-0.3, -0.25) is 0 Å². The lowest BCUT2D eigenvalue weighted by Crippen LogP contribution is -2.53. The Kier molecular flexibility index (Phi) is 3.19. The molecule has 2 saturated heterocycles.